The fourth-order valence-corrected chi connectivity index (χ4v) is 2.92. The predicted octanol–water partition coefficient (Wildman–Crippen LogP) is 5.88. The molecule has 0 fully saturated rings. The summed E-state index contributed by atoms with van der Waals surface area (Å²) in [6, 6.07) is 0. The standard InChI is InChI=1S/C12H6F21NO3S/c1-2(34)37-38(35,36)12(32,33)10(27,28)8(23,24)6(19,20)4(15,16)3(13,14)5(17,18)7(21,22)9(25,26)11(29,30)31/h2H,34H2,1H3. The van der Waals surface area contributed by atoms with Gasteiger partial charge in [0, 0.05) is 0 Å². The van der Waals surface area contributed by atoms with Crippen molar-refractivity contribution in [3.8, 4) is 0 Å². The fraction of sp³-hybridized carbons (Fsp3) is 1.00. The van der Waals surface area contributed by atoms with Crippen molar-refractivity contribution in [2.24, 2.45) is 5.73 Å². The number of nitrogens with two attached hydrogens (primary N) is 1. The number of halogens is 21. The molecular weight excluding hydrogens is 637 g/mol. The lowest BCUT2D eigenvalue weighted by Crippen LogP contribution is -2.77. The highest BCUT2D eigenvalue weighted by Gasteiger charge is 2.98. The minimum Gasteiger partial charge on any atom is -0.305 e. The molecule has 0 aromatic rings. The minimum atomic E-state index is -9.37. The average molecular weight is 643 g/mol. The third-order valence-electron chi connectivity index (χ3n) is 4.07. The van der Waals surface area contributed by atoms with Crippen LogP contribution in [0.1, 0.15) is 6.92 Å². The van der Waals surface area contributed by atoms with Crippen molar-refractivity contribution >= 4 is 10.1 Å². The molecule has 0 heterocycles. The molecule has 0 bridgehead atoms. The highest BCUT2D eigenvalue weighted by atomic mass is 32.2. The van der Waals surface area contributed by atoms with Gasteiger partial charge in [0.15, 0.2) is 0 Å². The summed E-state index contributed by atoms with van der Waals surface area (Å²) in [6.45, 7) is 0.131. The zero-order valence-corrected chi connectivity index (χ0v) is 17.5. The summed E-state index contributed by atoms with van der Waals surface area (Å²) in [5, 5.41) is -7.93. The van der Waals surface area contributed by atoms with E-state index in [2.05, 4.69) is 9.92 Å². The van der Waals surface area contributed by atoms with Gasteiger partial charge in [0.25, 0.3) is 0 Å². The molecule has 0 aliphatic rings. The first kappa shape index (κ1) is 36.4. The van der Waals surface area contributed by atoms with Gasteiger partial charge in [-0.2, -0.15) is 101 Å². The van der Waals surface area contributed by atoms with E-state index < -0.39 is 75.2 Å². The van der Waals surface area contributed by atoms with Gasteiger partial charge in [-0.15, -0.1) is 0 Å². The van der Waals surface area contributed by atoms with Crippen LogP contribution in [-0.4, -0.2) is 73.5 Å². The van der Waals surface area contributed by atoms with Gasteiger partial charge in [0.1, 0.15) is 6.23 Å². The Hall–Kier alpha value is -1.60. The maximum absolute atomic E-state index is 13.6. The van der Waals surface area contributed by atoms with E-state index in [-0.39, 0.29) is 6.92 Å². The van der Waals surface area contributed by atoms with Gasteiger partial charge < -0.3 is 5.73 Å². The summed E-state index contributed by atoms with van der Waals surface area (Å²) in [6.07, 6.45) is -10.8. The molecule has 0 radical (unpaired) electrons. The molecule has 0 spiro atoms. The van der Waals surface area contributed by atoms with Crippen molar-refractivity contribution in [2.45, 2.75) is 72.0 Å². The van der Waals surface area contributed by atoms with Crippen LogP contribution < -0.4 is 5.73 Å². The van der Waals surface area contributed by atoms with Crippen LogP contribution in [0.2, 0.25) is 0 Å². The van der Waals surface area contributed by atoms with Crippen molar-refractivity contribution in [1.82, 2.24) is 0 Å². The first-order valence-corrected chi connectivity index (χ1v) is 9.48. The summed E-state index contributed by atoms with van der Waals surface area (Å²) < 4.78 is 301. The Balaban J connectivity index is 7.23. The van der Waals surface area contributed by atoms with E-state index in [4.69, 9.17) is 0 Å². The first-order valence-electron chi connectivity index (χ1n) is 8.07. The second kappa shape index (κ2) is 8.95. The van der Waals surface area contributed by atoms with E-state index in [0.717, 1.165) is 0 Å². The third kappa shape index (κ3) is 4.40. The zero-order chi connectivity index (χ0) is 31.8. The molecule has 2 N–H and O–H groups in total. The topological polar surface area (TPSA) is 69.4 Å². The summed E-state index contributed by atoms with van der Waals surface area (Å²) in [4.78, 5) is 0. The second-order valence-electron chi connectivity index (χ2n) is 6.87. The quantitative estimate of drug-likeness (QED) is 0.174. The Morgan fingerprint density at radius 1 is 0.474 bits per heavy atom. The highest BCUT2D eigenvalue weighted by Crippen LogP contribution is 2.66. The molecule has 4 nitrogen and oxygen atoms in total. The van der Waals surface area contributed by atoms with Crippen molar-refractivity contribution in [3.05, 3.63) is 0 Å². The molecule has 230 valence electrons. The Morgan fingerprint density at radius 2 is 0.684 bits per heavy atom. The number of hydrogen-bond donors (Lipinski definition) is 1. The summed E-state index contributed by atoms with van der Waals surface area (Å²) in [7, 11) is -7.77. The lowest BCUT2D eigenvalue weighted by Gasteiger charge is -2.44. The lowest BCUT2D eigenvalue weighted by atomic mass is 9.87. The Bertz CT molecular complexity index is 982. The molecule has 0 aliphatic heterocycles. The van der Waals surface area contributed by atoms with Crippen molar-refractivity contribution in [2.75, 3.05) is 0 Å². The Kier molecular flexibility index (Phi) is 8.58. The van der Waals surface area contributed by atoms with E-state index in [9.17, 15) is 101 Å². The van der Waals surface area contributed by atoms with Crippen molar-refractivity contribution in [3.63, 3.8) is 0 Å². The molecule has 1 unspecified atom stereocenters. The van der Waals surface area contributed by atoms with Crippen LogP contribution in [0.4, 0.5) is 92.2 Å². The molecule has 0 saturated carbocycles. The van der Waals surface area contributed by atoms with Crippen LogP contribution in [0.25, 0.3) is 0 Å². The van der Waals surface area contributed by atoms with Crippen molar-refractivity contribution < 1.29 is 105 Å². The number of hydrogen-bond acceptors (Lipinski definition) is 4. The predicted molar refractivity (Wildman–Crippen MR) is 74.2 cm³/mol. The molecule has 1 atom stereocenters. The second-order valence-corrected chi connectivity index (χ2v) is 8.48. The van der Waals surface area contributed by atoms with Crippen LogP contribution in [0.3, 0.4) is 0 Å². The largest absolute Gasteiger partial charge is 0.460 e. The molecule has 0 rings (SSSR count). The van der Waals surface area contributed by atoms with Gasteiger partial charge in [-0.25, -0.2) is 4.18 Å². The van der Waals surface area contributed by atoms with E-state index >= 15 is 0 Å². The summed E-state index contributed by atoms with van der Waals surface area (Å²) in [5.41, 5.74) is 4.36. The Labute approximate surface area is 194 Å². The van der Waals surface area contributed by atoms with Gasteiger partial charge in [0.2, 0.25) is 0 Å². The van der Waals surface area contributed by atoms with Gasteiger partial charge in [0.05, 0.1) is 0 Å². The van der Waals surface area contributed by atoms with Crippen LogP contribution in [0.5, 0.6) is 0 Å². The Morgan fingerprint density at radius 3 is 0.895 bits per heavy atom. The average Bonchev–Trinajstić information content (AvgIpc) is 2.64. The highest BCUT2D eigenvalue weighted by molar-refractivity contribution is 7.87. The molecule has 0 amide bonds. The summed E-state index contributed by atoms with van der Waals surface area (Å²) in [5.74, 6) is -72.5. The van der Waals surface area contributed by atoms with Gasteiger partial charge >= 0.3 is 68.9 Å². The van der Waals surface area contributed by atoms with Gasteiger partial charge in [-0.1, -0.05) is 0 Å². The van der Waals surface area contributed by atoms with Crippen LogP contribution in [0, 0.1) is 0 Å². The van der Waals surface area contributed by atoms with Gasteiger partial charge in [-0.05, 0) is 6.92 Å². The number of alkyl halides is 21. The maximum Gasteiger partial charge on any atom is 0.460 e. The number of rotatable bonds is 11. The summed E-state index contributed by atoms with van der Waals surface area (Å²) >= 11 is 0. The molecule has 0 saturated heterocycles. The van der Waals surface area contributed by atoms with Crippen LogP contribution in [-0.2, 0) is 14.3 Å². The minimum absolute atomic E-state index is 0.131. The molecule has 38 heavy (non-hydrogen) atoms. The van der Waals surface area contributed by atoms with E-state index in [1.807, 2.05) is 0 Å². The molecule has 26 heteroatoms. The third-order valence-corrected chi connectivity index (χ3v) is 5.52. The fourth-order valence-electron chi connectivity index (χ4n) is 1.96. The molecule has 0 aliphatic carbocycles. The van der Waals surface area contributed by atoms with Crippen LogP contribution in [0.15, 0.2) is 0 Å². The van der Waals surface area contributed by atoms with Gasteiger partial charge in [-0.3, -0.25) is 0 Å². The molecule has 0 aromatic heterocycles. The normalized spacial score (nSPS) is 17.6. The molecule has 0 aromatic carbocycles. The zero-order valence-electron chi connectivity index (χ0n) is 16.7. The smallest absolute Gasteiger partial charge is 0.305 e. The lowest BCUT2D eigenvalue weighted by molar-refractivity contribution is -0.472. The van der Waals surface area contributed by atoms with E-state index in [1.54, 1.807) is 0 Å². The monoisotopic (exact) mass is 643 g/mol. The molecular formula is C12H6F21NO3S. The SMILES string of the molecule is CC(N)OS(=O)(=O)C(F)(F)C(F)(F)C(F)(F)C(F)(F)C(F)(F)C(F)(F)C(F)(F)C(F)(F)C(F)(F)C(F)(F)F. The van der Waals surface area contributed by atoms with Crippen molar-refractivity contribution in [1.29, 1.82) is 0 Å². The first-order chi connectivity index (χ1) is 15.9. The van der Waals surface area contributed by atoms with E-state index in [1.165, 1.54) is 0 Å². The van der Waals surface area contributed by atoms with E-state index in [0.29, 0.717) is 0 Å². The van der Waals surface area contributed by atoms with Crippen LogP contribution >= 0.6 is 0 Å². The maximum atomic E-state index is 13.6.